The molecule has 0 aliphatic carbocycles. The van der Waals surface area contributed by atoms with E-state index >= 15 is 0 Å². The number of nitrogens with one attached hydrogen (secondary N) is 2. The number of rotatable bonds is 2. The number of hydrogen-bond donors (Lipinski definition) is 2. The zero-order valence-corrected chi connectivity index (χ0v) is 16.3. The molecular formula is C19H22N4O6. The summed E-state index contributed by atoms with van der Waals surface area (Å²) in [5, 5.41) is 15.7. The third-order valence-corrected chi connectivity index (χ3v) is 5.97. The first-order chi connectivity index (χ1) is 13.6. The van der Waals surface area contributed by atoms with E-state index in [1.54, 1.807) is 6.07 Å². The van der Waals surface area contributed by atoms with Crippen LogP contribution in [-0.4, -0.2) is 47.6 Å². The highest BCUT2D eigenvalue weighted by atomic mass is 16.6. The van der Waals surface area contributed by atoms with Crippen molar-refractivity contribution in [3.05, 3.63) is 33.9 Å². The Morgan fingerprint density at radius 3 is 2.48 bits per heavy atom. The largest absolute Gasteiger partial charge is 0.371 e. The van der Waals surface area contributed by atoms with Crippen molar-refractivity contribution in [2.45, 2.75) is 45.4 Å². The third kappa shape index (κ3) is 2.78. The van der Waals surface area contributed by atoms with Gasteiger partial charge in [-0.15, -0.1) is 0 Å². The number of anilines is 1. The molecule has 3 atom stereocenters. The number of hydrogen-bond acceptors (Lipinski definition) is 7. The van der Waals surface area contributed by atoms with Gasteiger partial charge in [-0.3, -0.25) is 30.3 Å². The van der Waals surface area contributed by atoms with Crippen molar-refractivity contribution in [2.75, 3.05) is 11.4 Å². The number of barbiturate groups is 1. The van der Waals surface area contributed by atoms with Gasteiger partial charge in [-0.25, -0.2) is 4.79 Å². The van der Waals surface area contributed by atoms with Crippen LogP contribution in [0.4, 0.5) is 16.2 Å². The summed E-state index contributed by atoms with van der Waals surface area (Å²) in [5.41, 5.74) is -0.492. The Kier molecular flexibility index (Phi) is 4.34. The van der Waals surface area contributed by atoms with E-state index in [9.17, 15) is 24.5 Å². The molecule has 10 heteroatoms. The van der Waals surface area contributed by atoms with Gasteiger partial charge in [0.05, 0.1) is 23.2 Å². The number of nitro benzene ring substituents is 1. The molecule has 29 heavy (non-hydrogen) atoms. The minimum atomic E-state index is -1.63. The number of urea groups is 1. The fourth-order valence-corrected chi connectivity index (χ4v) is 4.78. The molecule has 0 saturated carbocycles. The van der Waals surface area contributed by atoms with E-state index in [4.69, 9.17) is 4.74 Å². The summed E-state index contributed by atoms with van der Waals surface area (Å²) in [7, 11) is 0. The fraction of sp³-hybridized carbons (Fsp3) is 0.526. The van der Waals surface area contributed by atoms with Crippen molar-refractivity contribution in [3.8, 4) is 0 Å². The number of non-ortho nitro benzene ring substituents is 1. The Morgan fingerprint density at radius 1 is 1.24 bits per heavy atom. The number of nitrogens with zero attached hydrogens (tertiary/aromatic N) is 2. The monoisotopic (exact) mass is 402 g/mol. The van der Waals surface area contributed by atoms with Gasteiger partial charge in [0.25, 0.3) is 5.69 Å². The van der Waals surface area contributed by atoms with Crippen LogP contribution in [0.3, 0.4) is 0 Å². The van der Waals surface area contributed by atoms with Gasteiger partial charge in [-0.2, -0.15) is 0 Å². The molecular weight excluding hydrogens is 380 g/mol. The Bertz CT molecular complexity index is 909. The zero-order chi connectivity index (χ0) is 21.1. The second kappa shape index (κ2) is 6.51. The Hall–Kier alpha value is -3.01. The Labute approximate surface area is 166 Å². The fourth-order valence-electron chi connectivity index (χ4n) is 4.78. The third-order valence-electron chi connectivity index (χ3n) is 5.97. The van der Waals surface area contributed by atoms with Gasteiger partial charge in [-0.1, -0.05) is 13.8 Å². The second-order valence-corrected chi connectivity index (χ2v) is 8.21. The molecule has 154 valence electrons. The quantitative estimate of drug-likeness (QED) is 0.430. The maximum Gasteiger partial charge on any atom is 0.328 e. The van der Waals surface area contributed by atoms with Crippen LogP contribution in [0.1, 0.15) is 26.3 Å². The minimum Gasteiger partial charge on any atom is -0.371 e. The van der Waals surface area contributed by atoms with Crippen molar-refractivity contribution < 1.29 is 24.0 Å². The lowest BCUT2D eigenvalue weighted by Crippen LogP contribution is -2.76. The van der Waals surface area contributed by atoms with Crippen molar-refractivity contribution in [1.82, 2.24) is 10.6 Å². The van der Waals surface area contributed by atoms with Crippen LogP contribution < -0.4 is 15.5 Å². The average molecular weight is 402 g/mol. The highest BCUT2D eigenvalue weighted by Gasteiger charge is 2.63. The van der Waals surface area contributed by atoms with Crippen molar-refractivity contribution in [3.63, 3.8) is 0 Å². The van der Waals surface area contributed by atoms with Gasteiger partial charge in [-0.05, 0) is 24.5 Å². The summed E-state index contributed by atoms with van der Waals surface area (Å²) in [6, 6.07) is 2.96. The van der Waals surface area contributed by atoms with E-state index in [1.165, 1.54) is 12.1 Å². The van der Waals surface area contributed by atoms with E-state index < -0.39 is 40.3 Å². The number of carbonyl (C=O) groups excluding carboxylic acids is 3. The molecule has 4 amide bonds. The number of morpholine rings is 1. The molecule has 1 aromatic carbocycles. The summed E-state index contributed by atoms with van der Waals surface area (Å²) in [5.74, 6) is -1.43. The van der Waals surface area contributed by atoms with Gasteiger partial charge in [0.15, 0.2) is 5.41 Å². The SMILES string of the molecule is CC(C)[C@@H]1O[C@H](C)CN2c3ccc([N+](=O)[O-])cc3CC3(C(=O)NC(=O)NC3=O)[C@@H]12. The molecule has 1 aromatic rings. The summed E-state index contributed by atoms with van der Waals surface area (Å²) in [6.07, 6.45) is -0.683. The molecule has 3 heterocycles. The minimum absolute atomic E-state index is 0.0139. The maximum absolute atomic E-state index is 13.1. The van der Waals surface area contributed by atoms with Gasteiger partial charge in [0.2, 0.25) is 11.8 Å². The van der Waals surface area contributed by atoms with Gasteiger partial charge in [0, 0.05) is 30.8 Å². The molecule has 0 radical (unpaired) electrons. The number of amides is 4. The zero-order valence-electron chi connectivity index (χ0n) is 16.3. The number of fused-ring (bicyclic) bond motifs is 4. The van der Waals surface area contributed by atoms with Crippen LogP contribution in [-0.2, 0) is 20.7 Å². The topological polar surface area (TPSA) is 131 Å². The summed E-state index contributed by atoms with van der Waals surface area (Å²) >= 11 is 0. The molecule has 1 spiro atoms. The lowest BCUT2D eigenvalue weighted by molar-refractivity contribution is -0.384. The smallest absolute Gasteiger partial charge is 0.328 e. The molecule has 0 bridgehead atoms. The first-order valence-electron chi connectivity index (χ1n) is 9.51. The van der Waals surface area contributed by atoms with E-state index in [1.807, 2.05) is 25.7 Å². The van der Waals surface area contributed by atoms with Crippen molar-refractivity contribution >= 4 is 29.2 Å². The molecule has 10 nitrogen and oxygen atoms in total. The van der Waals surface area contributed by atoms with Crippen LogP contribution in [0.2, 0.25) is 0 Å². The maximum atomic E-state index is 13.1. The standard InChI is InChI=1S/C19H22N4O6/c1-9(2)14-15-19(16(24)20-18(26)21-17(19)25)7-11-6-12(23(27)28)4-5-13(11)22(15)8-10(3)29-14/h4-6,9-10,14-15H,7-8H2,1-3H3,(H2,20,21,24,25,26)/t10-,14+,15-/m1/s1. The number of carbonyl (C=O) groups is 3. The molecule has 0 aromatic heterocycles. The van der Waals surface area contributed by atoms with Gasteiger partial charge >= 0.3 is 6.03 Å². The molecule has 4 rings (SSSR count). The van der Waals surface area contributed by atoms with E-state index in [0.717, 1.165) is 5.69 Å². The van der Waals surface area contributed by atoms with Crippen molar-refractivity contribution in [1.29, 1.82) is 0 Å². The summed E-state index contributed by atoms with van der Waals surface area (Å²) < 4.78 is 6.15. The van der Waals surface area contributed by atoms with Gasteiger partial charge in [0.1, 0.15) is 0 Å². The molecule has 3 aliphatic heterocycles. The number of benzene rings is 1. The van der Waals surface area contributed by atoms with E-state index in [2.05, 4.69) is 10.6 Å². The van der Waals surface area contributed by atoms with Crippen molar-refractivity contribution in [2.24, 2.45) is 11.3 Å². The molecule has 0 unspecified atom stereocenters. The normalized spacial score (nSPS) is 27.9. The number of ether oxygens (including phenoxy) is 1. The average Bonchev–Trinajstić information content (AvgIpc) is 2.64. The number of nitro groups is 1. The lowest BCUT2D eigenvalue weighted by Gasteiger charge is -2.56. The van der Waals surface area contributed by atoms with Crippen LogP contribution in [0.25, 0.3) is 0 Å². The van der Waals surface area contributed by atoms with E-state index in [-0.39, 0.29) is 24.1 Å². The van der Waals surface area contributed by atoms with Crippen LogP contribution in [0, 0.1) is 21.4 Å². The molecule has 3 aliphatic rings. The first kappa shape index (κ1) is 19.3. The van der Waals surface area contributed by atoms with Crippen LogP contribution >= 0.6 is 0 Å². The molecule has 2 saturated heterocycles. The molecule has 2 N–H and O–H groups in total. The highest BCUT2D eigenvalue weighted by Crippen LogP contribution is 2.48. The summed E-state index contributed by atoms with van der Waals surface area (Å²) in [6.45, 7) is 6.21. The predicted octanol–water partition coefficient (Wildman–Crippen LogP) is 1.12. The molecule has 2 fully saturated rings. The van der Waals surface area contributed by atoms with Crippen LogP contribution in [0.15, 0.2) is 18.2 Å². The number of imide groups is 2. The first-order valence-corrected chi connectivity index (χ1v) is 9.51. The highest BCUT2D eigenvalue weighted by molar-refractivity contribution is 6.20. The Balaban J connectivity index is 1.94. The second-order valence-electron chi connectivity index (χ2n) is 8.21. The van der Waals surface area contributed by atoms with E-state index in [0.29, 0.717) is 12.1 Å². The summed E-state index contributed by atoms with van der Waals surface area (Å²) in [4.78, 5) is 50.7. The van der Waals surface area contributed by atoms with Crippen LogP contribution in [0.5, 0.6) is 0 Å². The van der Waals surface area contributed by atoms with Gasteiger partial charge < -0.3 is 9.64 Å². The lowest BCUT2D eigenvalue weighted by atomic mass is 9.65. The Morgan fingerprint density at radius 2 is 1.90 bits per heavy atom. The predicted molar refractivity (Wildman–Crippen MR) is 101 cm³/mol.